The molecule has 6 heteroatoms. The molecule has 1 aliphatic rings. The topological polar surface area (TPSA) is 70.4 Å². The molecule has 114 valence electrons. The van der Waals surface area contributed by atoms with E-state index in [-0.39, 0.29) is 5.92 Å². The van der Waals surface area contributed by atoms with Crippen LogP contribution >= 0.6 is 0 Å². The number of benzene rings is 1. The van der Waals surface area contributed by atoms with Crippen LogP contribution in [0.25, 0.3) is 0 Å². The van der Waals surface area contributed by atoms with Crippen LogP contribution in [0.4, 0.5) is 0 Å². The number of hydrogen-bond acceptors (Lipinski definition) is 4. The zero-order valence-electron chi connectivity index (χ0n) is 12.3. The molecular weight excluding hydrogens is 288 g/mol. The molecule has 1 aromatic rings. The van der Waals surface area contributed by atoms with Crippen molar-refractivity contribution in [2.24, 2.45) is 5.92 Å². The normalized spacial score (nSPS) is 23.0. The number of nitrogens with zero attached hydrogens (tertiary/aromatic N) is 2. The highest BCUT2D eigenvalue weighted by atomic mass is 32.2. The second kappa shape index (κ2) is 6.56. The molecule has 2 rings (SSSR count). The van der Waals surface area contributed by atoms with Gasteiger partial charge in [0, 0.05) is 26.6 Å². The maximum absolute atomic E-state index is 12.4. The number of hydrogen-bond donors (Lipinski definition) is 0. The molecule has 0 bridgehead atoms. The summed E-state index contributed by atoms with van der Waals surface area (Å²) in [5.41, 5.74) is 1.48. The van der Waals surface area contributed by atoms with Crippen molar-refractivity contribution in [3.63, 3.8) is 0 Å². The molecule has 0 saturated carbocycles. The van der Waals surface area contributed by atoms with Gasteiger partial charge < -0.3 is 4.74 Å². The zero-order chi connectivity index (χ0) is 15.5. The molecule has 0 radical (unpaired) electrons. The van der Waals surface area contributed by atoms with Crippen LogP contribution in [0.2, 0.25) is 0 Å². The molecule has 1 fully saturated rings. The minimum Gasteiger partial charge on any atom is -0.381 e. The van der Waals surface area contributed by atoms with Crippen LogP contribution in [-0.2, 0) is 21.2 Å². The van der Waals surface area contributed by atoms with Crippen LogP contribution in [0.15, 0.2) is 24.3 Å². The van der Waals surface area contributed by atoms with Gasteiger partial charge in [-0.05, 0) is 24.5 Å². The fourth-order valence-electron chi connectivity index (χ4n) is 2.72. The minimum absolute atomic E-state index is 0.124. The Morgan fingerprint density at radius 3 is 2.76 bits per heavy atom. The summed E-state index contributed by atoms with van der Waals surface area (Å²) in [5, 5.41) is 8.70. The molecular formula is C15H20N2O3S. The van der Waals surface area contributed by atoms with Crippen LogP contribution in [0.5, 0.6) is 0 Å². The average Bonchev–Trinajstić information content (AvgIpc) is 2.48. The first-order valence-corrected chi connectivity index (χ1v) is 8.44. The van der Waals surface area contributed by atoms with Gasteiger partial charge >= 0.3 is 0 Å². The van der Waals surface area contributed by atoms with Crippen molar-refractivity contribution in [3.05, 3.63) is 35.4 Å². The van der Waals surface area contributed by atoms with Crippen LogP contribution in [0.1, 0.15) is 17.5 Å². The summed E-state index contributed by atoms with van der Waals surface area (Å²) in [6, 6.07) is 9.48. The molecule has 0 aromatic heterocycles. The van der Waals surface area contributed by atoms with Gasteiger partial charge in [-0.3, -0.25) is 0 Å². The van der Waals surface area contributed by atoms with Gasteiger partial charge in [0.2, 0.25) is 10.0 Å². The van der Waals surface area contributed by atoms with E-state index in [1.165, 1.54) is 4.31 Å². The fourth-order valence-corrected chi connectivity index (χ4v) is 4.32. The highest BCUT2D eigenvalue weighted by Crippen LogP contribution is 2.27. The quantitative estimate of drug-likeness (QED) is 0.843. The Bertz CT molecular complexity index is 635. The molecule has 21 heavy (non-hydrogen) atoms. The zero-order valence-corrected chi connectivity index (χ0v) is 13.1. The van der Waals surface area contributed by atoms with Gasteiger partial charge in [0.05, 0.1) is 23.5 Å². The van der Waals surface area contributed by atoms with Gasteiger partial charge in [0.15, 0.2) is 0 Å². The van der Waals surface area contributed by atoms with Crippen molar-refractivity contribution in [2.75, 3.05) is 27.3 Å². The van der Waals surface area contributed by atoms with Crippen molar-refractivity contribution in [2.45, 2.75) is 18.1 Å². The van der Waals surface area contributed by atoms with E-state index in [1.54, 1.807) is 20.2 Å². The molecule has 0 amide bonds. The molecule has 0 unspecified atom stereocenters. The molecule has 0 N–H and O–H groups in total. The number of nitriles is 1. The van der Waals surface area contributed by atoms with Gasteiger partial charge in [-0.25, -0.2) is 12.7 Å². The second-order valence-corrected chi connectivity index (χ2v) is 7.83. The first kappa shape index (κ1) is 16.0. The Balaban J connectivity index is 2.26. The van der Waals surface area contributed by atoms with Gasteiger partial charge in [0.25, 0.3) is 0 Å². The maximum Gasteiger partial charge on any atom is 0.216 e. The molecule has 0 spiro atoms. The molecule has 1 aromatic carbocycles. The lowest BCUT2D eigenvalue weighted by molar-refractivity contribution is 0.0563. The van der Waals surface area contributed by atoms with E-state index in [4.69, 9.17) is 10.00 Å². The summed E-state index contributed by atoms with van der Waals surface area (Å²) >= 11 is 0. The highest BCUT2D eigenvalue weighted by Gasteiger charge is 2.37. The van der Waals surface area contributed by atoms with E-state index < -0.39 is 15.3 Å². The third-order valence-electron chi connectivity index (χ3n) is 3.92. The molecule has 1 heterocycles. The molecule has 1 saturated heterocycles. The third-order valence-corrected chi connectivity index (χ3v) is 6.32. The summed E-state index contributed by atoms with van der Waals surface area (Å²) in [7, 11) is -0.197. The fraction of sp³-hybridized carbons (Fsp3) is 0.533. The first-order valence-electron chi connectivity index (χ1n) is 6.94. The second-order valence-electron chi connectivity index (χ2n) is 5.46. The van der Waals surface area contributed by atoms with Crippen molar-refractivity contribution in [1.82, 2.24) is 4.31 Å². The summed E-state index contributed by atoms with van der Waals surface area (Å²) in [4.78, 5) is 0. The van der Waals surface area contributed by atoms with Gasteiger partial charge in [-0.2, -0.15) is 5.26 Å². The van der Waals surface area contributed by atoms with E-state index in [0.29, 0.717) is 31.6 Å². The lowest BCUT2D eigenvalue weighted by atomic mass is 9.91. The van der Waals surface area contributed by atoms with E-state index in [2.05, 4.69) is 6.07 Å². The van der Waals surface area contributed by atoms with E-state index in [9.17, 15) is 8.42 Å². The number of rotatable bonds is 4. The van der Waals surface area contributed by atoms with E-state index in [1.807, 2.05) is 18.2 Å². The van der Waals surface area contributed by atoms with Crippen LogP contribution in [0, 0.1) is 17.2 Å². The smallest absolute Gasteiger partial charge is 0.216 e. The SMILES string of the molecule is CN(C)S(=O)(=O)[C@H]1CCOC[C@@H]1Cc1ccccc1C#N. The maximum atomic E-state index is 12.4. The van der Waals surface area contributed by atoms with Crippen LogP contribution in [-0.4, -0.2) is 45.3 Å². The summed E-state index contributed by atoms with van der Waals surface area (Å²) in [6.07, 6.45) is 1.04. The molecule has 5 nitrogen and oxygen atoms in total. The Hall–Kier alpha value is -1.42. The molecule has 1 aliphatic heterocycles. The third kappa shape index (κ3) is 3.43. The van der Waals surface area contributed by atoms with Gasteiger partial charge in [-0.15, -0.1) is 0 Å². The Morgan fingerprint density at radius 1 is 1.38 bits per heavy atom. The molecule has 2 atom stereocenters. The Kier molecular flexibility index (Phi) is 4.99. The van der Waals surface area contributed by atoms with E-state index in [0.717, 1.165) is 5.56 Å². The lowest BCUT2D eigenvalue weighted by Gasteiger charge is -2.33. The summed E-state index contributed by atoms with van der Waals surface area (Å²) in [5.74, 6) is -0.124. The van der Waals surface area contributed by atoms with E-state index >= 15 is 0 Å². The monoisotopic (exact) mass is 308 g/mol. The Morgan fingerprint density at radius 2 is 2.10 bits per heavy atom. The van der Waals surface area contributed by atoms with Crippen molar-refractivity contribution < 1.29 is 13.2 Å². The predicted octanol–water partition coefficient (Wildman–Crippen LogP) is 1.40. The molecule has 0 aliphatic carbocycles. The van der Waals surface area contributed by atoms with Crippen molar-refractivity contribution in [3.8, 4) is 6.07 Å². The lowest BCUT2D eigenvalue weighted by Crippen LogP contribution is -2.44. The van der Waals surface area contributed by atoms with Gasteiger partial charge in [0.1, 0.15) is 0 Å². The number of ether oxygens (including phenoxy) is 1. The van der Waals surface area contributed by atoms with Crippen molar-refractivity contribution in [1.29, 1.82) is 5.26 Å². The summed E-state index contributed by atoms with van der Waals surface area (Å²) in [6.45, 7) is 0.881. The first-order chi connectivity index (χ1) is 9.96. The van der Waals surface area contributed by atoms with Crippen molar-refractivity contribution >= 4 is 10.0 Å². The van der Waals surface area contributed by atoms with Crippen LogP contribution < -0.4 is 0 Å². The Labute approximate surface area is 126 Å². The minimum atomic E-state index is -3.32. The van der Waals surface area contributed by atoms with Gasteiger partial charge in [-0.1, -0.05) is 18.2 Å². The van der Waals surface area contributed by atoms with Crippen LogP contribution in [0.3, 0.4) is 0 Å². The predicted molar refractivity (Wildman–Crippen MR) is 80.2 cm³/mol. The largest absolute Gasteiger partial charge is 0.381 e. The standard InChI is InChI=1S/C15H20N2O3S/c1-17(2)21(18,19)15-7-8-20-11-14(15)9-12-5-3-4-6-13(12)10-16/h3-6,14-15H,7-9,11H2,1-2H3/t14-,15-/m0/s1. The summed E-state index contributed by atoms with van der Waals surface area (Å²) < 4.78 is 31.6. The highest BCUT2D eigenvalue weighted by molar-refractivity contribution is 7.89. The number of sulfonamides is 1. The average molecular weight is 308 g/mol.